The predicted octanol–water partition coefficient (Wildman–Crippen LogP) is 9.57. The molecular weight excluding hydrogens is 719 g/mol. The first-order valence-electron chi connectivity index (χ1n) is 20.2. The summed E-state index contributed by atoms with van der Waals surface area (Å²) < 4.78 is 22.6. The summed E-state index contributed by atoms with van der Waals surface area (Å²) in [5.74, 6) is -0.321. The summed E-state index contributed by atoms with van der Waals surface area (Å²) in [6, 6.07) is 27.6. The van der Waals surface area contributed by atoms with Crippen LogP contribution in [0.25, 0.3) is 21.9 Å². The van der Waals surface area contributed by atoms with Crippen molar-refractivity contribution in [3.8, 4) is 16.9 Å². The van der Waals surface area contributed by atoms with Gasteiger partial charge in [-0.15, -0.1) is 0 Å². The third kappa shape index (κ3) is 8.95. The van der Waals surface area contributed by atoms with Crippen LogP contribution in [0.2, 0.25) is 0 Å². The highest BCUT2D eigenvalue weighted by molar-refractivity contribution is 6.05. The Morgan fingerprint density at radius 1 is 0.807 bits per heavy atom. The van der Waals surface area contributed by atoms with E-state index in [0.717, 1.165) is 58.5 Å². The lowest BCUT2D eigenvalue weighted by Crippen LogP contribution is -2.63. The second-order valence-corrected chi connectivity index (χ2v) is 16.6. The standard InChI is InChI=1S/C47H57N3O7/c1-8-49(27-29-56-43(53)26-25-42(52)55-28-15-9-10-20-41(51)54-7)34-23-21-33(22-24-34)37-30-39-44(36-17-12-11-16-35(36)37)57-47(31-48-39)46(5,6)38-18-13-14-19-40(38)50(47)32-45(2,3)4/h11-14,16-19,21-24,30-31H,8-10,15,20,25-29,32H2,1-7H3. The number of unbranched alkanes of at least 4 members (excludes halogenated alkanes) is 2. The van der Waals surface area contributed by atoms with Gasteiger partial charge in [-0.2, -0.15) is 0 Å². The van der Waals surface area contributed by atoms with E-state index in [1.807, 2.05) is 6.21 Å². The number of likely N-dealkylation sites (N-methyl/N-ethyl adjacent to an activating group) is 1. The maximum absolute atomic E-state index is 12.4. The summed E-state index contributed by atoms with van der Waals surface area (Å²) in [7, 11) is 1.36. The van der Waals surface area contributed by atoms with Gasteiger partial charge in [0.15, 0.2) is 5.75 Å². The molecule has 0 amide bonds. The van der Waals surface area contributed by atoms with Gasteiger partial charge in [-0.05, 0) is 91.8 Å². The van der Waals surface area contributed by atoms with Crippen molar-refractivity contribution in [3.05, 3.63) is 84.4 Å². The number of hydrogen-bond donors (Lipinski definition) is 0. The summed E-state index contributed by atoms with van der Waals surface area (Å²) >= 11 is 0. The molecule has 6 rings (SSSR count). The quantitative estimate of drug-likeness (QED) is 0.0625. The first kappa shape index (κ1) is 41.3. The van der Waals surface area contributed by atoms with Crippen molar-refractivity contribution < 1.29 is 33.3 Å². The van der Waals surface area contributed by atoms with Crippen molar-refractivity contribution in [2.75, 3.05) is 49.8 Å². The van der Waals surface area contributed by atoms with E-state index in [-0.39, 0.29) is 42.9 Å². The lowest BCUT2D eigenvalue weighted by molar-refractivity contribution is -0.150. The fourth-order valence-electron chi connectivity index (χ4n) is 7.93. The van der Waals surface area contributed by atoms with Crippen LogP contribution < -0.4 is 14.5 Å². The van der Waals surface area contributed by atoms with Crippen LogP contribution in [0.4, 0.5) is 17.1 Å². The normalized spacial score (nSPS) is 16.5. The number of aliphatic imine (C=N–C) groups is 1. The molecule has 0 saturated carbocycles. The summed E-state index contributed by atoms with van der Waals surface area (Å²) in [5, 5.41) is 2.11. The van der Waals surface area contributed by atoms with Gasteiger partial charge in [0.05, 0.1) is 44.7 Å². The number of hydrogen-bond acceptors (Lipinski definition) is 10. The van der Waals surface area contributed by atoms with Gasteiger partial charge in [0.25, 0.3) is 0 Å². The van der Waals surface area contributed by atoms with E-state index in [2.05, 4.69) is 135 Å². The number of methoxy groups -OCH3 is 1. The van der Waals surface area contributed by atoms with E-state index >= 15 is 0 Å². The highest BCUT2D eigenvalue weighted by Gasteiger charge is 2.60. The van der Waals surface area contributed by atoms with Gasteiger partial charge in [-0.3, -0.25) is 19.4 Å². The van der Waals surface area contributed by atoms with Crippen LogP contribution in [0.5, 0.6) is 5.75 Å². The lowest BCUT2D eigenvalue weighted by Gasteiger charge is -2.48. The Kier molecular flexibility index (Phi) is 12.6. The number of rotatable bonds is 16. The van der Waals surface area contributed by atoms with Gasteiger partial charge in [0.2, 0.25) is 5.72 Å². The van der Waals surface area contributed by atoms with Crippen LogP contribution in [0.15, 0.2) is 83.9 Å². The van der Waals surface area contributed by atoms with Crippen molar-refractivity contribution in [2.24, 2.45) is 10.4 Å². The Hall–Kier alpha value is -5.38. The number of ether oxygens (including phenoxy) is 4. The number of benzene rings is 4. The first-order chi connectivity index (χ1) is 27.3. The minimum absolute atomic E-state index is 0.0159. The van der Waals surface area contributed by atoms with Gasteiger partial charge in [-0.1, -0.05) is 75.4 Å². The summed E-state index contributed by atoms with van der Waals surface area (Å²) in [5.41, 5.74) is 5.22. The molecule has 10 nitrogen and oxygen atoms in total. The third-order valence-corrected chi connectivity index (χ3v) is 11.0. The Morgan fingerprint density at radius 2 is 1.47 bits per heavy atom. The van der Waals surface area contributed by atoms with Gasteiger partial charge in [-0.25, -0.2) is 0 Å². The topological polar surface area (TPSA) is 107 Å². The van der Waals surface area contributed by atoms with Gasteiger partial charge in [0, 0.05) is 36.3 Å². The zero-order chi connectivity index (χ0) is 40.8. The molecule has 10 heteroatoms. The van der Waals surface area contributed by atoms with Gasteiger partial charge >= 0.3 is 17.9 Å². The maximum atomic E-state index is 12.4. The molecule has 57 heavy (non-hydrogen) atoms. The molecule has 2 heterocycles. The predicted molar refractivity (Wildman–Crippen MR) is 227 cm³/mol. The Balaban J connectivity index is 1.10. The minimum Gasteiger partial charge on any atom is -0.469 e. The molecule has 4 aromatic carbocycles. The fourth-order valence-corrected chi connectivity index (χ4v) is 7.93. The fraction of sp³-hybridized carbons (Fsp3) is 0.447. The third-order valence-electron chi connectivity index (χ3n) is 11.0. The zero-order valence-electron chi connectivity index (χ0n) is 34.6. The number of esters is 3. The molecule has 0 fully saturated rings. The Labute approximate surface area is 337 Å². The van der Waals surface area contributed by atoms with Gasteiger partial charge < -0.3 is 28.7 Å². The van der Waals surface area contributed by atoms with E-state index in [4.69, 9.17) is 19.2 Å². The number of fused-ring (bicyclic) bond motifs is 4. The monoisotopic (exact) mass is 775 g/mol. The highest BCUT2D eigenvalue weighted by Crippen LogP contribution is 2.56. The molecule has 1 unspecified atom stereocenters. The summed E-state index contributed by atoms with van der Waals surface area (Å²) in [6.07, 6.45) is 4.40. The largest absolute Gasteiger partial charge is 0.469 e. The second-order valence-electron chi connectivity index (χ2n) is 16.6. The highest BCUT2D eigenvalue weighted by atomic mass is 16.5. The molecule has 1 spiro atoms. The van der Waals surface area contributed by atoms with Crippen LogP contribution >= 0.6 is 0 Å². The summed E-state index contributed by atoms with van der Waals surface area (Å²) in [4.78, 5) is 45.4. The van der Waals surface area contributed by atoms with Crippen molar-refractivity contribution in [3.63, 3.8) is 0 Å². The van der Waals surface area contributed by atoms with Crippen LogP contribution in [-0.2, 0) is 34.0 Å². The molecule has 302 valence electrons. The first-order valence-corrected chi connectivity index (χ1v) is 20.2. The van der Waals surface area contributed by atoms with Crippen molar-refractivity contribution in [2.45, 2.75) is 91.2 Å². The van der Waals surface area contributed by atoms with E-state index < -0.39 is 17.7 Å². The number of carbonyl (C=O) groups excluding carboxylic acids is 3. The average molecular weight is 776 g/mol. The van der Waals surface area contributed by atoms with Crippen molar-refractivity contribution in [1.82, 2.24) is 0 Å². The molecule has 1 atom stereocenters. The molecule has 0 aliphatic carbocycles. The maximum Gasteiger partial charge on any atom is 0.306 e. The number of carbonyl (C=O) groups is 3. The van der Waals surface area contributed by atoms with E-state index in [0.29, 0.717) is 25.8 Å². The number of para-hydroxylation sites is 1. The van der Waals surface area contributed by atoms with Crippen LogP contribution in [0.3, 0.4) is 0 Å². The molecule has 0 radical (unpaired) electrons. The molecule has 0 saturated heterocycles. The van der Waals surface area contributed by atoms with Crippen LogP contribution in [0, 0.1) is 5.41 Å². The SMILES string of the molecule is CCN(CCOC(=O)CCC(=O)OCCCCCC(=O)OC)c1ccc(-c2cc3c(c4ccccc24)OC2(C=N3)N(CC(C)(C)C)c3ccccc3C2(C)C)cc1. The van der Waals surface area contributed by atoms with E-state index in [1.165, 1.54) is 18.4 Å². The lowest BCUT2D eigenvalue weighted by atomic mass is 9.77. The van der Waals surface area contributed by atoms with E-state index in [9.17, 15) is 14.4 Å². The minimum atomic E-state index is -0.804. The van der Waals surface area contributed by atoms with Crippen molar-refractivity contribution >= 4 is 52.0 Å². The van der Waals surface area contributed by atoms with Crippen LogP contribution in [0.1, 0.15) is 85.6 Å². The number of nitrogens with zero attached hydrogens (tertiary/aromatic N) is 3. The number of anilines is 2. The average Bonchev–Trinajstić information content (AvgIpc) is 3.37. The van der Waals surface area contributed by atoms with E-state index in [1.54, 1.807) is 0 Å². The Bertz CT molecular complexity index is 2100. The second kappa shape index (κ2) is 17.4. The smallest absolute Gasteiger partial charge is 0.306 e. The molecule has 0 bridgehead atoms. The molecule has 2 aliphatic rings. The van der Waals surface area contributed by atoms with Crippen LogP contribution in [-0.4, -0.2) is 69.8 Å². The van der Waals surface area contributed by atoms with Gasteiger partial charge in [0.1, 0.15) is 12.3 Å². The zero-order valence-corrected chi connectivity index (χ0v) is 34.6. The molecule has 0 aromatic heterocycles. The molecular formula is C47H57N3O7. The molecule has 2 aliphatic heterocycles. The summed E-state index contributed by atoms with van der Waals surface area (Å²) in [6.45, 7) is 15.9. The molecule has 4 aromatic rings. The molecule has 0 N–H and O–H groups in total. The Morgan fingerprint density at radius 3 is 2.16 bits per heavy atom. The van der Waals surface area contributed by atoms with Crippen molar-refractivity contribution in [1.29, 1.82) is 0 Å².